The molecule has 0 aliphatic carbocycles. The van der Waals surface area contributed by atoms with Crippen molar-refractivity contribution >= 4 is 11.1 Å². The largest absolute Gasteiger partial charge is 0.772 e. The van der Waals surface area contributed by atoms with Crippen molar-refractivity contribution < 1.29 is 13.5 Å². The highest BCUT2D eigenvalue weighted by atomic mass is 32.2. The molecule has 0 aromatic heterocycles. The first-order chi connectivity index (χ1) is 6.08. The second-order valence-electron chi connectivity index (χ2n) is 3.68. The molecule has 2 unspecified atom stereocenters. The van der Waals surface area contributed by atoms with Gasteiger partial charge in [-0.1, -0.05) is 11.1 Å². The van der Waals surface area contributed by atoms with E-state index in [4.69, 9.17) is 4.74 Å². The summed E-state index contributed by atoms with van der Waals surface area (Å²) in [5.41, 5.74) is -0.473. The number of likely N-dealkylation sites (N-methyl/N-ethyl adjacent to an activating group) is 1. The van der Waals surface area contributed by atoms with Crippen molar-refractivity contribution in [1.29, 1.82) is 0 Å². The first kappa shape index (κ1) is 11.1. The van der Waals surface area contributed by atoms with Crippen LogP contribution >= 0.6 is 0 Å². The quantitative estimate of drug-likeness (QED) is 0.609. The first-order valence-electron chi connectivity index (χ1n) is 4.37. The number of methoxy groups -OCH3 is 1. The molecule has 0 saturated carbocycles. The Kier molecular flexibility index (Phi) is 3.85. The fourth-order valence-corrected chi connectivity index (χ4v) is 2.66. The van der Waals surface area contributed by atoms with Crippen molar-refractivity contribution in [1.82, 2.24) is 4.90 Å². The van der Waals surface area contributed by atoms with Crippen molar-refractivity contribution in [2.75, 3.05) is 33.0 Å². The van der Waals surface area contributed by atoms with Gasteiger partial charge in [-0.15, -0.1) is 0 Å². The molecule has 2 atom stereocenters. The molecule has 0 spiro atoms. The molecule has 1 aliphatic rings. The Labute approximate surface area is 81.5 Å². The molecule has 1 aliphatic heterocycles. The molecule has 0 radical (unpaired) electrons. The number of likely N-dealkylation sites (tertiary alicyclic amines) is 1. The van der Waals surface area contributed by atoms with E-state index in [1.165, 1.54) is 0 Å². The summed E-state index contributed by atoms with van der Waals surface area (Å²) in [5, 5.41) is 0. The van der Waals surface area contributed by atoms with Crippen molar-refractivity contribution in [3.8, 4) is 0 Å². The molecule has 1 heterocycles. The summed E-state index contributed by atoms with van der Waals surface area (Å²) in [4.78, 5) is 2.11. The van der Waals surface area contributed by atoms with Gasteiger partial charge in [-0.25, -0.2) is 0 Å². The molecule has 0 aromatic rings. The Morgan fingerprint density at radius 1 is 1.69 bits per heavy atom. The van der Waals surface area contributed by atoms with Gasteiger partial charge in [0, 0.05) is 19.4 Å². The van der Waals surface area contributed by atoms with E-state index in [0.29, 0.717) is 6.54 Å². The fourth-order valence-electron chi connectivity index (χ4n) is 1.88. The molecule has 5 heteroatoms. The number of ether oxygens (including phenoxy) is 1. The topological polar surface area (TPSA) is 52.6 Å². The highest BCUT2D eigenvalue weighted by molar-refractivity contribution is 7.79. The summed E-state index contributed by atoms with van der Waals surface area (Å²) >= 11 is -2.02. The number of hydrogen-bond donors (Lipinski definition) is 0. The molecule has 0 bridgehead atoms. The van der Waals surface area contributed by atoms with Gasteiger partial charge in [-0.05, 0) is 26.4 Å². The Hall–Kier alpha value is 0.0300. The Balaban J connectivity index is 2.61. The van der Waals surface area contributed by atoms with Crippen LogP contribution in [0, 0.1) is 0 Å². The van der Waals surface area contributed by atoms with E-state index in [1.54, 1.807) is 7.11 Å². The highest BCUT2D eigenvalue weighted by Crippen LogP contribution is 2.24. The maximum absolute atomic E-state index is 10.6. The summed E-state index contributed by atoms with van der Waals surface area (Å²) in [6.07, 6.45) is 1.84. The molecule has 1 fully saturated rings. The van der Waals surface area contributed by atoms with Crippen LogP contribution in [0.1, 0.15) is 12.8 Å². The van der Waals surface area contributed by atoms with Gasteiger partial charge in [0.2, 0.25) is 0 Å². The van der Waals surface area contributed by atoms with Crippen LogP contribution in [0.3, 0.4) is 0 Å². The average Bonchev–Trinajstić information content (AvgIpc) is 2.03. The lowest BCUT2D eigenvalue weighted by atomic mass is 9.95. The predicted molar refractivity (Wildman–Crippen MR) is 50.3 cm³/mol. The van der Waals surface area contributed by atoms with Crippen LogP contribution in [0.15, 0.2) is 0 Å². The van der Waals surface area contributed by atoms with Gasteiger partial charge >= 0.3 is 0 Å². The van der Waals surface area contributed by atoms with Crippen molar-refractivity contribution in [2.45, 2.75) is 18.4 Å². The minimum atomic E-state index is -2.02. The summed E-state index contributed by atoms with van der Waals surface area (Å²) in [5.74, 6) is 0.105. The SMILES string of the molecule is COC1(CS(=O)[O-])CCCN(C)C1. The van der Waals surface area contributed by atoms with Gasteiger partial charge in [0.15, 0.2) is 0 Å². The summed E-state index contributed by atoms with van der Waals surface area (Å²) in [7, 11) is 3.58. The minimum Gasteiger partial charge on any atom is -0.772 e. The second kappa shape index (κ2) is 4.50. The summed E-state index contributed by atoms with van der Waals surface area (Å²) in [6.45, 7) is 1.73. The Morgan fingerprint density at radius 2 is 2.38 bits per heavy atom. The van der Waals surface area contributed by atoms with E-state index >= 15 is 0 Å². The molecule has 0 N–H and O–H groups in total. The van der Waals surface area contributed by atoms with Crippen LogP contribution in [0.25, 0.3) is 0 Å². The van der Waals surface area contributed by atoms with E-state index in [2.05, 4.69) is 4.90 Å². The fraction of sp³-hybridized carbons (Fsp3) is 1.00. The number of rotatable bonds is 3. The zero-order valence-corrected chi connectivity index (χ0v) is 8.93. The zero-order valence-electron chi connectivity index (χ0n) is 8.12. The molecule has 0 aromatic carbocycles. The van der Waals surface area contributed by atoms with E-state index in [-0.39, 0.29) is 5.75 Å². The third-order valence-corrected chi connectivity index (χ3v) is 3.31. The van der Waals surface area contributed by atoms with Crippen LogP contribution < -0.4 is 0 Å². The summed E-state index contributed by atoms with van der Waals surface area (Å²) < 4.78 is 26.6. The van der Waals surface area contributed by atoms with E-state index in [9.17, 15) is 8.76 Å². The first-order valence-corrected chi connectivity index (χ1v) is 5.62. The number of hydrogen-bond acceptors (Lipinski definition) is 4. The molecule has 1 saturated heterocycles. The molecule has 13 heavy (non-hydrogen) atoms. The molecule has 1 rings (SSSR count). The minimum absolute atomic E-state index is 0.105. The lowest BCUT2D eigenvalue weighted by molar-refractivity contribution is -0.0418. The van der Waals surface area contributed by atoms with E-state index in [0.717, 1.165) is 19.4 Å². The van der Waals surface area contributed by atoms with Crippen molar-refractivity contribution in [3.05, 3.63) is 0 Å². The lowest BCUT2D eigenvalue weighted by Crippen LogP contribution is -2.51. The van der Waals surface area contributed by atoms with Gasteiger partial charge in [-0.2, -0.15) is 0 Å². The Morgan fingerprint density at radius 3 is 2.85 bits per heavy atom. The van der Waals surface area contributed by atoms with Gasteiger partial charge in [0.25, 0.3) is 0 Å². The average molecular weight is 206 g/mol. The van der Waals surface area contributed by atoms with E-state index in [1.807, 2.05) is 7.05 Å². The third kappa shape index (κ3) is 3.02. The van der Waals surface area contributed by atoms with Crippen LogP contribution in [0.4, 0.5) is 0 Å². The zero-order chi connectivity index (χ0) is 9.90. The van der Waals surface area contributed by atoms with E-state index < -0.39 is 16.7 Å². The van der Waals surface area contributed by atoms with Crippen molar-refractivity contribution in [2.24, 2.45) is 0 Å². The molecular weight excluding hydrogens is 190 g/mol. The monoisotopic (exact) mass is 206 g/mol. The predicted octanol–water partition coefficient (Wildman–Crippen LogP) is -0.0237. The number of piperidine rings is 1. The molecule has 78 valence electrons. The molecular formula is C8H16NO3S-. The van der Waals surface area contributed by atoms with Gasteiger partial charge in [0.1, 0.15) is 0 Å². The molecule has 4 nitrogen and oxygen atoms in total. The maximum atomic E-state index is 10.6. The third-order valence-electron chi connectivity index (χ3n) is 2.54. The maximum Gasteiger partial charge on any atom is 0.0908 e. The van der Waals surface area contributed by atoms with Crippen LogP contribution in [0.2, 0.25) is 0 Å². The van der Waals surface area contributed by atoms with Gasteiger partial charge < -0.3 is 14.2 Å². The van der Waals surface area contributed by atoms with Crippen LogP contribution in [-0.2, 0) is 15.8 Å². The van der Waals surface area contributed by atoms with Crippen LogP contribution in [0.5, 0.6) is 0 Å². The normalized spacial score (nSPS) is 33.2. The highest BCUT2D eigenvalue weighted by Gasteiger charge is 2.34. The van der Waals surface area contributed by atoms with Gasteiger partial charge in [-0.3, -0.25) is 4.21 Å². The second-order valence-corrected chi connectivity index (χ2v) is 4.57. The summed E-state index contributed by atoms with van der Waals surface area (Å²) in [6, 6.07) is 0. The standard InChI is InChI=1S/C8H17NO3S/c1-9-5-3-4-8(6-9,12-2)7-13(10)11/h3-7H2,1-2H3,(H,10,11)/p-1. The number of nitrogens with zero attached hydrogens (tertiary/aromatic N) is 1. The van der Waals surface area contributed by atoms with Crippen LogP contribution in [-0.4, -0.2) is 52.3 Å². The lowest BCUT2D eigenvalue weighted by Gasteiger charge is -2.40. The smallest absolute Gasteiger partial charge is 0.0908 e. The van der Waals surface area contributed by atoms with Crippen molar-refractivity contribution in [3.63, 3.8) is 0 Å². The van der Waals surface area contributed by atoms with Gasteiger partial charge in [0.05, 0.1) is 5.60 Å². The molecule has 0 amide bonds. The Bertz CT molecular complexity index is 200.